The topological polar surface area (TPSA) is 76.5 Å². The van der Waals surface area contributed by atoms with Gasteiger partial charge in [0, 0.05) is 25.6 Å². The number of nitrogens with zero attached hydrogens (tertiary/aromatic N) is 3. The van der Waals surface area contributed by atoms with Crippen LogP contribution in [0.4, 0.5) is 19.5 Å². The maximum atomic E-state index is 12.9. The molecule has 1 saturated heterocycles. The summed E-state index contributed by atoms with van der Waals surface area (Å²) in [5, 5.41) is 2.76. The first-order valence-corrected chi connectivity index (χ1v) is 11.0. The number of likely N-dealkylation sites (tertiary alicyclic amines) is 1. The number of hydrogen-bond donors (Lipinski definition) is 1. The van der Waals surface area contributed by atoms with Crippen molar-refractivity contribution in [2.24, 2.45) is 5.92 Å². The average Bonchev–Trinajstić information content (AvgIpc) is 3.28. The van der Waals surface area contributed by atoms with Crippen molar-refractivity contribution in [3.63, 3.8) is 0 Å². The number of ether oxygens (including phenoxy) is 1. The zero-order chi connectivity index (χ0) is 23.0. The van der Waals surface area contributed by atoms with Crippen LogP contribution >= 0.6 is 11.3 Å². The molecule has 7 nitrogen and oxygen atoms in total. The summed E-state index contributed by atoms with van der Waals surface area (Å²) < 4.78 is 33.0. The Morgan fingerprint density at radius 2 is 1.94 bits per heavy atom. The number of para-hydroxylation sites is 2. The third-order valence-corrected chi connectivity index (χ3v) is 6.09. The predicted molar refractivity (Wildman–Crippen MR) is 118 cm³/mol. The van der Waals surface area contributed by atoms with E-state index in [0.717, 1.165) is 16.9 Å². The third-order valence-electron chi connectivity index (χ3n) is 5.00. The maximum Gasteiger partial charge on any atom is 0.410 e. The molecule has 32 heavy (non-hydrogen) atoms. The van der Waals surface area contributed by atoms with Crippen LogP contribution in [0.2, 0.25) is 0 Å². The van der Waals surface area contributed by atoms with E-state index in [1.807, 2.05) is 49.6 Å². The standard InChI is InChI=1S/C22H24F2N4O3S/c1-22(2,3)31-21(30)27-10-13(11-27)12-28-15-7-5-4-6-14(15)25-20(28)26-19(29)17-9-8-16(32-17)18(23)24/h4-9,13,18H,10-12H2,1-3H3,(H,25,26,29). The number of anilines is 1. The first-order valence-electron chi connectivity index (χ1n) is 10.2. The number of imidazole rings is 1. The molecule has 170 valence electrons. The van der Waals surface area contributed by atoms with Crippen molar-refractivity contribution in [1.82, 2.24) is 14.5 Å². The SMILES string of the molecule is CC(C)(C)OC(=O)N1CC(Cn2c(NC(=O)c3ccc(C(F)F)s3)nc3ccccc32)C1. The van der Waals surface area contributed by atoms with Crippen molar-refractivity contribution in [1.29, 1.82) is 0 Å². The molecule has 1 N–H and O–H groups in total. The number of fused-ring (bicyclic) bond motifs is 1. The van der Waals surface area contributed by atoms with E-state index in [-0.39, 0.29) is 21.8 Å². The number of thiophene rings is 1. The van der Waals surface area contributed by atoms with Gasteiger partial charge in [-0.05, 0) is 45.0 Å². The number of amides is 2. The number of aromatic nitrogens is 2. The van der Waals surface area contributed by atoms with Crippen molar-refractivity contribution in [3.05, 3.63) is 46.2 Å². The Bertz CT molecular complexity index is 1150. The minimum atomic E-state index is -2.61. The summed E-state index contributed by atoms with van der Waals surface area (Å²) in [6, 6.07) is 10.1. The number of carbonyl (C=O) groups is 2. The van der Waals surface area contributed by atoms with E-state index in [1.165, 1.54) is 12.1 Å². The second kappa shape index (κ2) is 8.50. The van der Waals surface area contributed by atoms with Crippen LogP contribution in [-0.2, 0) is 11.3 Å². The monoisotopic (exact) mass is 462 g/mol. The number of rotatable bonds is 5. The minimum Gasteiger partial charge on any atom is -0.444 e. The van der Waals surface area contributed by atoms with Crippen LogP contribution in [0.15, 0.2) is 36.4 Å². The minimum absolute atomic E-state index is 0.152. The van der Waals surface area contributed by atoms with Crippen LogP contribution in [-0.4, -0.2) is 45.1 Å². The molecule has 1 aliphatic rings. The normalized spacial score (nSPS) is 14.6. The summed E-state index contributed by atoms with van der Waals surface area (Å²) in [7, 11) is 0. The molecule has 0 radical (unpaired) electrons. The largest absolute Gasteiger partial charge is 0.444 e. The van der Waals surface area contributed by atoms with Crippen LogP contribution in [0.5, 0.6) is 0 Å². The smallest absolute Gasteiger partial charge is 0.410 e. The summed E-state index contributed by atoms with van der Waals surface area (Å²) >= 11 is 0.761. The summed E-state index contributed by atoms with van der Waals surface area (Å²) in [4.78, 5) is 31.1. The van der Waals surface area contributed by atoms with Crippen LogP contribution < -0.4 is 5.32 Å². The Morgan fingerprint density at radius 3 is 2.59 bits per heavy atom. The molecule has 3 aromatic rings. The molecule has 0 bridgehead atoms. The van der Waals surface area contributed by atoms with E-state index in [2.05, 4.69) is 10.3 Å². The first kappa shape index (κ1) is 22.2. The highest BCUT2D eigenvalue weighted by Gasteiger charge is 2.34. The molecule has 0 unspecified atom stereocenters. The highest BCUT2D eigenvalue weighted by Crippen LogP contribution is 2.29. The number of carbonyl (C=O) groups excluding carboxylic acids is 2. The maximum absolute atomic E-state index is 12.9. The van der Waals surface area contributed by atoms with E-state index < -0.39 is 17.9 Å². The molecule has 3 heterocycles. The van der Waals surface area contributed by atoms with E-state index in [1.54, 1.807) is 4.90 Å². The Labute approximate surface area is 188 Å². The van der Waals surface area contributed by atoms with E-state index >= 15 is 0 Å². The Hall–Kier alpha value is -3.01. The second-order valence-electron chi connectivity index (χ2n) is 8.74. The van der Waals surface area contributed by atoms with Crippen LogP contribution in [0.3, 0.4) is 0 Å². The van der Waals surface area contributed by atoms with Crippen molar-refractivity contribution in [2.75, 3.05) is 18.4 Å². The summed E-state index contributed by atoms with van der Waals surface area (Å²) in [6.07, 6.45) is -2.96. The summed E-state index contributed by atoms with van der Waals surface area (Å²) in [6.45, 7) is 7.10. The molecule has 0 saturated carbocycles. The molecule has 1 aromatic carbocycles. The van der Waals surface area contributed by atoms with Gasteiger partial charge in [0.2, 0.25) is 5.95 Å². The first-order chi connectivity index (χ1) is 15.1. The lowest BCUT2D eigenvalue weighted by Gasteiger charge is -2.40. The van der Waals surface area contributed by atoms with Crippen molar-refractivity contribution < 1.29 is 23.1 Å². The molecule has 4 rings (SSSR count). The fourth-order valence-corrected chi connectivity index (χ4v) is 4.29. The summed E-state index contributed by atoms with van der Waals surface area (Å²) in [5.41, 5.74) is 1.01. The van der Waals surface area contributed by atoms with Gasteiger partial charge in [-0.25, -0.2) is 18.6 Å². The van der Waals surface area contributed by atoms with Crippen molar-refractivity contribution in [3.8, 4) is 0 Å². The molecule has 2 aromatic heterocycles. The zero-order valence-corrected chi connectivity index (χ0v) is 18.8. The third kappa shape index (κ3) is 4.74. The molecular weight excluding hydrogens is 438 g/mol. The Morgan fingerprint density at radius 1 is 1.22 bits per heavy atom. The van der Waals surface area contributed by atoms with Gasteiger partial charge in [-0.3, -0.25) is 10.1 Å². The van der Waals surface area contributed by atoms with Gasteiger partial charge in [-0.2, -0.15) is 0 Å². The zero-order valence-electron chi connectivity index (χ0n) is 18.0. The van der Waals surface area contributed by atoms with Crippen LogP contribution in [0.25, 0.3) is 11.0 Å². The number of halogens is 2. The van der Waals surface area contributed by atoms with Gasteiger partial charge in [0.05, 0.1) is 20.8 Å². The average molecular weight is 463 g/mol. The lowest BCUT2D eigenvalue weighted by molar-refractivity contribution is -0.00309. The lowest BCUT2D eigenvalue weighted by atomic mass is 10.0. The van der Waals surface area contributed by atoms with Crippen LogP contribution in [0.1, 0.15) is 41.7 Å². The molecule has 0 aliphatic carbocycles. The van der Waals surface area contributed by atoms with Gasteiger partial charge in [0.1, 0.15) is 5.60 Å². The molecule has 2 amide bonds. The van der Waals surface area contributed by atoms with Gasteiger partial charge < -0.3 is 14.2 Å². The molecular formula is C22H24F2N4O3S. The summed E-state index contributed by atoms with van der Waals surface area (Å²) in [5.74, 6) is 0.0318. The Kier molecular flexibility index (Phi) is 5.89. The van der Waals surface area contributed by atoms with Crippen molar-refractivity contribution in [2.45, 2.75) is 39.3 Å². The number of benzene rings is 1. The van der Waals surface area contributed by atoms with E-state index in [9.17, 15) is 18.4 Å². The molecule has 1 aliphatic heterocycles. The second-order valence-corrected chi connectivity index (χ2v) is 9.86. The number of hydrogen-bond acceptors (Lipinski definition) is 5. The van der Waals surface area contributed by atoms with E-state index in [0.29, 0.717) is 31.1 Å². The van der Waals surface area contributed by atoms with Crippen LogP contribution in [0, 0.1) is 5.92 Å². The predicted octanol–water partition coefficient (Wildman–Crippen LogP) is 5.15. The van der Waals surface area contributed by atoms with Crippen molar-refractivity contribution >= 4 is 40.3 Å². The quantitative estimate of drug-likeness (QED) is 0.569. The lowest BCUT2D eigenvalue weighted by Crippen LogP contribution is -2.52. The number of alkyl halides is 2. The molecule has 10 heteroatoms. The highest BCUT2D eigenvalue weighted by atomic mass is 32.1. The number of nitrogens with one attached hydrogen (secondary N) is 1. The fraction of sp³-hybridized carbons (Fsp3) is 0.409. The van der Waals surface area contributed by atoms with Gasteiger partial charge in [0.15, 0.2) is 0 Å². The van der Waals surface area contributed by atoms with Gasteiger partial charge >= 0.3 is 6.09 Å². The fourth-order valence-electron chi connectivity index (χ4n) is 3.53. The Balaban J connectivity index is 1.49. The van der Waals surface area contributed by atoms with Gasteiger partial charge in [-0.15, -0.1) is 11.3 Å². The van der Waals surface area contributed by atoms with Gasteiger partial charge in [-0.1, -0.05) is 12.1 Å². The molecule has 0 atom stereocenters. The van der Waals surface area contributed by atoms with E-state index in [4.69, 9.17) is 4.74 Å². The molecule has 1 fully saturated rings. The molecule has 0 spiro atoms. The van der Waals surface area contributed by atoms with Gasteiger partial charge in [0.25, 0.3) is 12.3 Å². The highest BCUT2D eigenvalue weighted by molar-refractivity contribution is 7.14.